The summed E-state index contributed by atoms with van der Waals surface area (Å²) in [5.74, 6) is 5.45. The lowest BCUT2D eigenvalue weighted by molar-refractivity contribution is 0.0712. The highest BCUT2D eigenvalue weighted by Crippen LogP contribution is 2.12. The lowest BCUT2D eigenvalue weighted by Gasteiger charge is -2.20. The molecule has 0 bridgehead atoms. The van der Waals surface area contributed by atoms with Crippen molar-refractivity contribution >= 4 is 6.09 Å². The molecule has 0 spiro atoms. The number of ether oxygens (including phenoxy) is 1. The number of primary amides is 1. The molecular formula is C8H13NO2. The van der Waals surface area contributed by atoms with Gasteiger partial charge >= 0.3 is 6.09 Å². The van der Waals surface area contributed by atoms with Crippen LogP contribution in [-0.2, 0) is 4.74 Å². The van der Waals surface area contributed by atoms with E-state index < -0.39 is 11.7 Å². The lowest BCUT2D eigenvalue weighted by Crippen LogP contribution is -2.32. The first-order chi connectivity index (χ1) is 5.04. The number of nitrogens with two attached hydrogens (primary N) is 1. The fourth-order valence-corrected chi connectivity index (χ4v) is 0.673. The monoisotopic (exact) mass is 155 g/mol. The smallest absolute Gasteiger partial charge is 0.406 e. The zero-order valence-corrected chi connectivity index (χ0v) is 7.10. The van der Waals surface area contributed by atoms with E-state index >= 15 is 0 Å². The fourth-order valence-electron chi connectivity index (χ4n) is 0.673. The molecule has 1 unspecified atom stereocenters. The minimum absolute atomic E-state index is 0.636. The maximum absolute atomic E-state index is 10.4. The Morgan fingerprint density at radius 3 is 2.55 bits per heavy atom. The Morgan fingerprint density at radius 2 is 2.27 bits per heavy atom. The zero-order chi connectivity index (χ0) is 8.91. The van der Waals surface area contributed by atoms with Gasteiger partial charge in [-0.05, 0) is 20.3 Å². The third-order valence-corrected chi connectivity index (χ3v) is 1.39. The summed E-state index contributed by atoms with van der Waals surface area (Å²) < 4.78 is 4.79. The Labute approximate surface area is 66.9 Å². The molecule has 1 amide bonds. The summed E-state index contributed by atoms with van der Waals surface area (Å²) in [5, 5.41) is 0. The molecule has 0 aromatic carbocycles. The van der Waals surface area contributed by atoms with Crippen molar-refractivity contribution in [3.8, 4) is 11.8 Å². The van der Waals surface area contributed by atoms with Crippen LogP contribution in [0.25, 0.3) is 0 Å². The van der Waals surface area contributed by atoms with Crippen LogP contribution in [0.2, 0.25) is 0 Å². The number of hydrogen-bond acceptors (Lipinski definition) is 2. The Morgan fingerprint density at radius 1 is 1.73 bits per heavy atom. The van der Waals surface area contributed by atoms with Crippen molar-refractivity contribution < 1.29 is 9.53 Å². The molecule has 2 N–H and O–H groups in total. The average molecular weight is 155 g/mol. The van der Waals surface area contributed by atoms with Crippen molar-refractivity contribution in [2.24, 2.45) is 5.73 Å². The molecule has 0 rings (SSSR count). The summed E-state index contributed by atoms with van der Waals surface area (Å²) in [6, 6.07) is 0. The van der Waals surface area contributed by atoms with Crippen LogP contribution in [-0.4, -0.2) is 11.7 Å². The highest BCUT2D eigenvalue weighted by molar-refractivity contribution is 5.65. The van der Waals surface area contributed by atoms with Crippen molar-refractivity contribution in [1.82, 2.24) is 0 Å². The van der Waals surface area contributed by atoms with Crippen LogP contribution in [0.1, 0.15) is 27.2 Å². The number of carbonyl (C=O) groups is 1. The van der Waals surface area contributed by atoms with Crippen LogP contribution in [0.4, 0.5) is 4.79 Å². The van der Waals surface area contributed by atoms with Crippen molar-refractivity contribution in [2.45, 2.75) is 32.8 Å². The van der Waals surface area contributed by atoms with Gasteiger partial charge in [0.15, 0.2) is 5.60 Å². The molecule has 0 aliphatic heterocycles. The molecule has 3 nitrogen and oxygen atoms in total. The number of rotatable bonds is 2. The molecule has 0 aromatic heterocycles. The van der Waals surface area contributed by atoms with Crippen molar-refractivity contribution in [1.29, 1.82) is 0 Å². The van der Waals surface area contributed by atoms with Crippen LogP contribution in [0.3, 0.4) is 0 Å². The van der Waals surface area contributed by atoms with E-state index in [9.17, 15) is 4.79 Å². The van der Waals surface area contributed by atoms with Gasteiger partial charge in [0.2, 0.25) is 0 Å². The topological polar surface area (TPSA) is 52.3 Å². The highest BCUT2D eigenvalue weighted by atomic mass is 16.6. The quantitative estimate of drug-likeness (QED) is 0.610. The summed E-state index contributed by atoms with van der Waals surface area (Å²) in [4.78, 5) is 10.4. The molecule has 0 saturated carbocycles. The third kappa shape index (κ3) is 3.51. The maximum Gasteiger partial charge on any atom is 0.406 e. The van der Waals surface area contributed by atoms with E-state index in [1.54, 1.807) is 13.8 Å². The molecule has 0 radical (unpaired) electrons. The predicted octanol–water partition coefficient (Wildman–Crippen LogP) is 1.27. The molecule has 0 aliphatic rings. The molecular weight excluding hydrogens is 142 g/mol. The Bertz CT molecular complexity index is 202. The minimum atomic E-state index is -0.780. The van der Waals surface area contributed by atoms with Crippen LogP contribution in [0, 0.1) is 11.8 Å². The number of amides is 1. The first kappa shape index (κ1) is 9.83. The summed E-state index contributed by atoms with van der Waals surface area (Å²) in [7, 11) is 0. The summed E-state index contributed by atoms with van der Waals surface area (Å²) in [5.41, 5.74) is 4.13. The first-order valence-electron chi connectivity index (χ1n) is 3.46. The van der Waals surface area contributed by atoms with E-state index in [4.69, 9.17) is 10.5 Å². The molecule has 3 heteroatoms. The zero-order valence-electron chi connectivity index (χ0n) is 7.10. The van der Waals surface area contributed by atoms with E-state index in [2.05, 4.69) is 11.8 Å². The van der Waals surface area contributed by atoms with Crippen molar-refractivity contribution in [2.75, 3.05) is 0 Å². The van der Waals surface area contributed by atoms with Gasteiger partial charge < -0.3 is 10.5 Å². The molecule has 0 fully saturated rings. The lowest BCUT2D eigenvalue weighted by atomic mass is 10.0. The normalized spacial score (nSPS) is 14.1. The second-order valence-electron chi connectivity index (χ2n) is 2.38. The van der Waals surface area contributed by atoms with E-state index in [1.807, 2.05) is 6.92 Å². The molecule has 0 heterocycles. The summed E-state index contributed by atoms with van der Waals surface area (Å²) in [6.07, 6.45) is -0.145. The van der Waals surface area contributed by atoms with E-state index in [0.29, 0.717) is 6.42 Å². The first-order valence-corrected chi connectivity index (χ1v) is 3.46. The van der Waals surface area contributed by atoms with Gasteiger partial charge in [-0.25, -0.2) is 4.79 Å². The van der Waals surface area contributed by atoms with Crippen LogP contribution in [0.5, 0.6) is 0 Å². The van der Waals surface area contributed by atoms with Gasteiger partial charge in [-0.15, -0.1) is 5.92 Å². The minimum Gasteiger partial charge on any atom is -0.430 e. The fraction of sp³-hybridized carbons (Fsp3) is 0.625. The average Bonchev–Trinajstić information content (AvgIpc) is 1.87. The summed E-state index contributed by atoms with van der Waals surface area (Å²) in [6.45, 7) is 5.31. The van der Waals surface area contributed by atoms with Crippen molar-refractivity contribution in [3.63, 3.8) is 0 Å². The molecule has 0 aliphatic carbocycles. The summed E-state index contributed by atoms with van der Waals surface area (Å²) >= 11 is 0. The second-order valence-corrected chi connectivity index (χ2v) is 2.38. The number of carbonyl (C=O) groups excluding carboxylic acids is 1. The SMILES string of the molecule is CC#CC(C)(CC)OC(N)=O. The molecule has 11 heavy (non-hydrogen) atoms. The highest BCUT2D eigenvalue weighted by Gasteiger charge is 2.22. The predicted molar refractivity (Wildman–Crippen MR) is 42.8 cm³/mol. The van der Waals surface area contributed by atoms with Gasteiger partial charge in [-0.2, -0.15) is 0 Å². The largest absolute Gasteiger partial charge is 0.430 e. The Hall–Kier alpha value is -1.17. The Balaban J connectivity index is 4.30. The van der Waals surface area contributed by atoms with Crippen molar-refractivity contribution in [3.05, 3.63) is 0 Å². The number of hydrogen-bond donors (Lipinski definition) is 1. The van der Waals surface area contributed by atoms with Gasteiger partial charge in [0, 0.05) is 0 Å². The van der Waals surface area contributed by atoms with Gasteiger partial charge in [0.1, 0.15) is 0 Å². The molecule has 0 saturated heterocycles. The van der Waals surface area contributed by atoms with Crippen LogP contribution in [0.15, 0.2) is 0 Å². The second kappa shape index (κ2) is 3.87. The third-order valence-electron chi connectivity index (χ3n) is 1.39. The van der Waals surface area contributed by atoms with Crippen LogP contribution >= 0.6 is 0 Å². The van der Waals surface area contributed by atoms with Crippen LogP contribution < -0.4 is 5.73 Å². The molecule has 1 atom stereocenters. The van der Waals surface area contributed by atoms with Gasteiger partial charge in [-0.3, -0.25) is 0 Å². The van der Waals surface area contributed by atoms with Gasteiger partial charge in [0.05, 0.1) is 0 Å². The van der Waals surface area contributed by atoms with E-state index in [-0.39, 0.29) is 0 Å². The van der Waals surface area contributed by atoms with Gasteiger partial charge in [0.25, 0.3) is 0 Å². The molecule has 0 aromatic rings. The van der Waals surface area contributed by atoms with E-state index in [1.165, 1.54) is 0 Å². The maximum atomic E-state index is 10.4. The van der Waals surface area contributed by atoms with E-state index in [0.717, 1.165) is 0 Å². The van der Waals surface area contributed by atoms with Gasteiger partial charge in [-0.1, -0.05) is 12.8 Å². The molecule has 62 valence electrons. The standard InChI is InChI=1S/C8H13NO2/c1-4-6-8(3,5-2)11-7(9)10/h5H2,1-3H3,(H2,9,10). The Kier molecular flexibility index (Phi) is 3.46.